The van der Waals surface area contributed by atoms with E-state index in [0.29, 0.717) is 17.6 Å². The molecule has 12 aromatic rings. The standard InChI is InChI=1S/C64H41N5/c1-4-19-42(20-5-1)45-25-18-26-48(39-45)68-59-34-17-15-32-55(59)64(53-30-13-10-27-49(53)50-28-11-14-31-54(50)64)56-37-35-47(41-60(56)68)46-36-38-58-52(40-46)51-29-12-16-33-57(51)69(58)63-66-61(43-21-6-2-7-22-43)65-62(67-63)44-23-8-3-9-24-44/h1-41H. The summed E-state index contributed by atoms with van der Waals surface area (Å²) in [5.74, 6) is 1.83. The van der Waals surface area contributed by atoms with Gasteiger partial charge in [0, 0.05) is 27.6 Å². The molecule has 2 aromatic heterocycles. The molecular formula is C64H41N5. The van der Waals surface area contributed by atoms with Crippen molar-refractivity contribution in [2.75, 3.05) is 4.90 Å². The SMILES string of the molecule is c1ccc(-c2cccc(N3c4ccccc4C4(c5ccccc5-c5ccccc54)c4ccc(-c5ccc6c(c5)c5ccccc5n6-c5nc(-c6ccccc6)nc(-c6ccccc6)n5)cc43)c2)cc1. The number of para-hydroxylation sites is 2. The van der Waals surface area contributed by atoms with Gasteiger partial charge in [-0.2, -0.15) is 9.97 Å². The lowest BCUT2D eigenvalue weighted by Gasteiger charge is -2.45. The second-order valence-corrected chi connectivity index (χ2v) is 17.9. The summed E-state index contributed by atoms with van der Waals surface area (Å²) in [6.07, 6.45) is 0. The van der Waals surface area contributed by atoms with Gasteiger partial charge >= 0.3 is 0 Å². The summed E-state index contributed by atoms with van der Waals surface area (Å²) in [6.45, 7) is 0. The molecule has 1 aliphatic heterocycles. The summed E-state index contributed by atoms with van der Waals surface area (Å²) < 4.78 is 2.19. The number of anilines is 3. The van der Waals surface area contributed by atoms with Gasteiger partial charge in [0.1, 0.15) is 0 Å². The highest BCUT2D eigenvalue weighted by molar-refractivity contribution is 6.10. The third-order valence-corrected chi connectivity index (χ3v) is 14.2. The third-order valence-electron chi connectivity index (χ3n) is 14.2. The summed E-state index contributed by atoms with van der Waals surface area (Å²) in [4.78, 5) is 17.9. The Hall–Kier alpha value is -9.19. The fourth-order valence-corrected chi connectivity index (χ4v) is 11.3. The average molecular weight is 880 g/mol. The molecule has 1 spiro atoms. The second-order valence-electron chi connectivity index (χ2n) is 17.9. The topological polar surface area (TPSA) is 46.8 Å². The Morgan fingerprint density at radius 3 is 1.51 bits per heavy atom. The Balaban J connectivity index is 0.995. The molecule has 5 heteroatoms. The van der Waals surface area contributed by atoms with Crippen molar-refractivity contribution in [3.05, 3.63) is 271 Å². The van der Waals surface area contributed by atoms with E-state index in [1.807, 2.05) is 36.4 Å². The Morgan fingerprint density at radius 1 is 0.304 bits per heavy atom. The lowest BCUT2D eigenvalue weighted by molar-refractivity contribution is 0.753. The second kappa shape index (κ2) is 15.4. The first kappa shape index (κ1) is 39.0. The number of nitrogens with zero attached hydrogens (tertiary/aromatic N) is 5. The lowest BCUT2D eigenvalue weighted by atomic mass is 9.64. The summed E-state index contributed by atoms with van der Waals surface area (Å²) in [5, 5.41) is 2.25. The van der Waals surface area contributed by atoms with Crippen molar-refractivity contribution in [3.63, 3.8) is 0 Å². The van der Waals surface area contributed by atoms with Crippen LogP contribution in [0, 0.1) is 0 Å². The zero-order chi connectivity index (χ0) is 45.5. The molecule has 3 heterocycles. The quantitative estimate of drug-likeness (QED) is 0.167. The number of rotatable bonds is 6. The van der Waals surface area contributed by atoms with Crippen LogP contribution in [-0.2, 0) is 5.41 Å². The molecule has 5 nitrogen and oxygen atoms in total. The van der Waals surface area contributed by atoms with Gasteiger partial charge in [0.2, 0.25) is 5.95 Å². The molecule has 14 rings (SSSR count). The Morgan fingerprint density at radius 2 is 0.812 bits per heavy atom. The van der Waals surface area contributed by atoms with Crippen LogP contribution in [0.15, 0.2) is 249 Å². The van der Waals surface area contributed by atoms with Crippen LogP contribution in [0.2, 0.25) is 0 Å². The van der Waals surface area contributed by atoms with Crippen LogP contribution in [0.1, 0.15) is 22.3 Å². The van der Waals surface area contributed by atoms with E-state index in [2.05, 4.69) is 222 Å². The minimum Gasteiger partial charge on any atom is -0.310 e. The minimum atomic E-state index is -0.537. The van der Waals surface area contributed by atoms with Crippen LogP contribution in [-0.4, -0.2) is 19.5 Å². The highest BCUT2D eigenvalue weighted by atomic mass is 15.2. The van der Waals surface area contributed by atoms with E-state index in [1.54, 1.807) is 0 Å². The molecule has 10 aromatic carbocycles. The van der Waals surface area contributed by atoms with Crippen LogP contribution in [0.4, 0.5) is 17.1 Å². The van der Waals surface area contributed by atoms with Gasteiger partial charge in [-0.3, -0.25) is 4.57 Å². The number of hydrogen-bond donors (Lipinski definition) is 0. The molecule has 2 aliphatic rings. The molecular weight excluding hydrogens is 839 g/mol. The van der Waals surface area contributed by atoms with Gasteiger partial charge < -0.3 is 4.90 Å². The van der Waals surface area contributed by atoms with Gasteiger partial charge in [-0.25, -0.2) is 4.98 Å². The number of aromatic nitrogens is 4. The zero-order valence-electron chi connectivity index (χ0n) is 37.4. The summed E-state index contributed by atoms with van der Waals surface area (Å²) in [6, 6.07) is 89.7. The molecule has 0 unspecified atom stereocenters. The van der Waals surface area contributed by atoms with Crippen molar-refractivity contribution in [3.8, 4) is 62.1 Å². The Labute approximate surface area is 399 Å². The number of benzene rings is 10. The molecule has 69 heavy (non-hydrogen) atoms. The van der Waals surface area contributed by atoms with E-state index in [-0.39, 0.29) is 0 Å². The van der Waals surface area contributed by atoms with Gasteiger partial charge in [-0.1, -0.05) is 206 Å². The fraction of sp³-hybridized carbons (Fsp3) is 0.0156. The molecule has 0 saturated heterocycles. The van der Waals surface area contributed by atoms with Crippen molar-refractivity contribution < 1.29 is 0 Å². The maximum atomic E-state index is 5.18. The molecule has 0 atom stereocenters. The first-order valence-corrected chi connectivity index (χ1v) is 23.5. The van der Waals surface area contributed by atoms with E-state index in [1.165, 1.54) is 50.2 Å². The number of fused-ring (bicyclic) bond motifs is 12. The molecule has 0 fully saturated rings. The van der Waals surface area contributed by atoms with Crippen LogP contribution in [0.5, 0.6) is 0 Å². The van der Waals surface area contributed by atoms with E-state index < -0.39 is 5.41 Å². The zero-order valence-corrected chi connectivity index (χ0v) is 37.4. The Bertz CT molecular complexity index is 3870. The smallest absolute Gasteiger partial charge is 0.238 e. The van der Waals surface area contributed by atoms with E-state index >= 15 is 0 Å². The molecule has 0 amide bonds. The lowest BCUT2D eigenvalue weighted by Crippen LogP contribution is -2.36. The van der Waals surface area contributed by atoms with Gasteiger partial charge in [0.05, 0.1) is 27.8 Å². The predicted octanol–water partition coefficient (Wildman–Crippen LogP) is 15.8. The predicted molar refractivity (Wildman–Crippen MR) is 281 cm³/mol. The van der Waals surface area contributed by atoms with Gasteiger partial charge in [-0.05, 0) is 98.1 Å². The van der Waals surface area contributed by atoms with Crippen molar-refractivity contribution in [1.82, 2.24) is 19.5 Å². The summed E-state index contributed by atoms with van der Waals surface area (Å²) in [7, 11) is 0. The van der Waals surface area contributed by atoms with E-state index in [0.717, 1.165) is 55.4 Å². The van der Waals surface area contributed by atoms with Gasteiger partial charge in [0.15, 0.2) is 11.6 Å². The molecule has 1 aliphatic carbocycles. The molecule has 0 N–H and O–H groups in total. The van der Waals surface area contributed by atoms with E-state index in [9.17, 15) is 0 Å². The summed E-state index contributed by atoms with van der Waals surface area (Å²) in [5.41, 5.74) is 19.1. The largest absolute Gasteiger partial charge is 0.310 e. The maximum Gasteiger partial charge on any atom is 0.238 e. The van der Waals surface area contributed by atoms with Crippen LogP contribution >= 0.6 is 0 Å². The van der Waals surface area contributed by atoms with Crippen molar-refractivity contribution in [2.24, 2.45) is 0 Å². The van der Waals surface area contributed by atoms with Crippen molar-refractivity contribution >= 4 is 38.9 Å². The molecule has 0 bridgehead atoms. The first-order chi connectivity index (χ1) is 34.2. The van der Waals surface area contributed by atoms with Crippen LogP contribution in [0.25, 0.3) is 83.9 Å². The van der Waals surface area contributed by atoms with Crippen molar-refractivity contribution in [2.45, 2.75) is 5.41 Å². The molecule has 0 radical (unpaired) electrons. The maximum absolute atomic E-state index is 5.18. The highest BCUT2D eigenvalue weighted by Gasteiger charge is 2.51. The highest BCUT2D eigenvalue weighted by Crippen LogP contribution is 2.63. The average Bonchev–Trinajstić information content (AvgIpc) is 3.92. The van der Waals surface area contributed by atoms with Crippen LogP contribution < -0.4 is 4.90 Å². The van der Waals surface area contributed by atoms with Gasteiger partial charge in [0.25, 0.3) is 0 Å². The Kier molecular flexibility index (Phi) is 8.73. The fourth-order valence-electron chi connectivity index (χ4n) is 11.3. The normalized spacial score (nSPS) is 13.0. The van der Waals surface area contributed by atoms with Crippen LogP contribution in [0.3, 0.4) is 0 Å². The first-order valence-electron chi connectivity index (χ1n) is 23.5. The minimum absolute atomic E-state index is 0.537. The monoisotopic (exact) mass is 879 g/mol. The number of hydrogen-bond acceptors (Lipinski definition) is 4. The third kappa shape index (κ3) is 5.94. The van der Waals surface area contributed by atoms with E-state index in [4.69, 9.17) is 15.0 Å². The van der Waals surface area contributed by atoms with Crippen molar-refractivity contribution in [1.29, 1.82) is 0 Å². The molecule has 0 saturated carbocycles. The van der Waals surface area contributed by atoms with Gasteiger partial charge in [-0.15, -0.1) is 0 Å². The molecule has 322 valence electrons. The summed E-state index contributed by atoms with van der Waals surface area (Å²) >= 11 is 0.